The van der Waals surface area contributed by atoms with Gasteiger partial charge in [0.25, 0.3) is 0 Å². The quantitative estimate of drug-likeness (QED) is 0.469. The topological polar surface area (TPSA) is 9.23 Å². The molecule has 1 aliphatic rings. The first-order valence-corrected chi connectivity index (χ1v) is 3.05. The van der Waals surface area contributed by atoms with Crippen LogP contribution in [0.15, 0.2) is 12.2 Å². The maximum atomic E-state index is 5.12. The van der Waals surface area contributed by atoms with Crippen molar-refractivity contribution in [2.24, 2.45) is 0 Å². The molecule has 0 amide bonds. The van der Waals surface area contributed by atoms with E-state index >= 15 is 0 Å². The van der Waals surface area contributed by atoms with Crippen LogP contribution in [-0.2, 0) is 4.74 Å². The molecule has 0 aliphatic heterocycles. The summed E-state index contributed by atoms with van der Waals surface area (Å²) in [5, 5.41) is 0. The zero-order chi connectivity index (χ0) is 5.98. The second-order valence-electron chi connectivity index (χ2n) is 2.27. The first kappa shape index (κ1) is 5.83. The highest BCUT2D eigenvalue weighted by molar-refractivity contribution is 5.07. The van der Waals surface area contributed by atoms with Gasteiger partial charge in [-0.25, -0.2) is 0 Å². The van der Waals surface area contributed by atoms with Crippen LogP contribution in [0.2, 0.25) is 0 Å². The van der Waals surface area contributed by atoms with Gasteiger partial charge in [-0.05, 0) is 24.8 Å². The molecule has 0 heterocycles. The Morgan fingerprint density at radius 1 is 1.75 bits per heavy atom. The highest BCUT2D eigenvalue weighted by Crippen LogP contribution is 2.24. The molecule has 0 N–H and O–H groups in total. The minimum atomic E-state index is 0.370. The fraction of sp³-hybridized carbons (Fsp3) is 0.714. The van der Waals surface area contributed by atoms with Gasteiger partial charge in [0.05, 0.1) is 6.10 Å². The zero-order valence-electron chi connectivity index (χ0n) is 5.31. The molecule has 1 rings (SSSR count). The molecule has 0 aromatic rings. The van der Waals surface area contributed by atoms with E-state index in [4.69, 9.17) is 4.74 Å². The van der Waals surface area contributed by atoms with Crippen LogP contribution in [0.3, 0.4) is 0 Å². The first-order valence-electron chi connectivity index (χ1n) is 3.05. The van der Waals surface area contributed by atoms with Crippen LogP contribution < -0.4 is 0 Å². The average Bonchev–Trinajstić information content (AvgIpc) is 2.14. The lowest BCUT2D eigenvalue weighted by Gasteiger charge is -2.05. The van der Waals surface area contributed by atoms with Crippen molar-refractivity contribution in [1.29, 1.82) is 0 Å². The van der Waals surface area contributed by atoms with E-state index in [2.05, 4.69) is 6.58 Å². The third-order valence-electron chi connectivity index (χ3n) is 1.70. The molecule has 1 heteroatoms. The molecule has 46 valence electrons. The molecule has 1 fully saturated rings. The van der Waals surface area contributed by atoms with Crippen LogP contribution in [-0.4, -0.2) is 13.2 Å². The summed E-state index contributed by atoms with van der Waals surface area (Å²) in [4.78, 5) is 0. The van der Waals surface area contributed by atoms with Crippen molar-refractivity contribution in [2.45, 2.75) is 25.4 Å². The predicted molar refractivity (Wildman–Crippen MR) is 33.8 cm³/mol. The number of ether oxygens (including phenoxy) is 1. The molecule has 1 nitrogen and oxygen atoms in total. The maximum absolute atomic E-state index is 5.12. The third kappa shape index (κ3) is 0.920. The number of rotatable bonds is 1. The van der Waals surface area contributed by atoms with E-state index in [1.807, 2.05) is 0 Å². The van der Waals surface area contributed by atoms with Crippen LogP contribution in [0.1, 0.15) is 19.3 Å². The highest BCUT2D eigenvalue weighted by Gasteiger charge is 2.17. The predicted octanol–water partition coefficient (Wildman–Crippen LogP) is 1.74. The van der Waals surface area contributed by atoms with Crippen molar-refractivity contribution in [3.05, 3.63) is 12.2 Å². The van der Waals surface area contributed by atoms with Crippen molar-refractivity contribution < 1.29 is 4.74 Å². The van der Waals surface area contributed by atoms with Gasteiger partial charge in [0.2, 0.25) is 0 Å². The van der Waals surface area contributed by atoms with E-state index in [0.717, 1.165) is 0 Å². The van der Waals surface area contributed by atoms with Crippen LogP contribution >= 0.6 is 0 Å². The van der Waals surface area contributed by atoms with E-state index in [1.54, 1.807) is 7.11 Å². The highest BCUT2D eigenvalue weighted by atomic mass is 16.5. The normalized spacial score (nSPS) is 29.1. The Balaban J connectivity index is 2.42. The van der Waals surface area contributed by atoms with E-state index in [-0.39, 0.29) is 0 Å². The zero-order valence-corrected chi connectivity index (χ0v) is 5.31. The van der Waals surface area contributed by atoms with Crippen molar-refractivity contribution in [3.63, 3.8) is 0 Å². The monoisotopic (exact) mass is 112 g/mol. The summed E-state index contributed by atoms with van der Waals surface area (Å²) in [5.74, 6) is 0. The van der Waals surface area contributed by atoms with Gasteiger partial charge >= 0.3 is 0 Å². The largest absolute Gasteiger partial charge is 0.377 e. The summed E-state index contributed by atoms with van der Waals surface area (Å²) in [6, 6.07) is 0. The van der Waals surface area contributed by atoms with Crippen LogP contribution in [0.4, 0.5) is 0 Å². The van der Waals surface area contributed by atoms with E-state index in [1.165, 1.54) is 24.8 Å². The maximum Gasteiger partial charge on any atom is 0.0778 e. The summed E-state index contributed by atoms with van der Waals surface area (Å²) in [6.45, 7) is 3.88. The average molecular weight is 112 g/mol. The minimum Gasteiger partial charge on any atom is -0.377 e. The second kappa shape index (κ2) is 2.31. The molecule has 0 aromatic heterocycles. The minimum absolute atomic E-state index is 0.370. The smallest absolute Gasteiger partial charge is 0.0778 e. The van der Waals surface area contributed by atoms with Gasteiger partial charge in [-0.3, -0.25) is 0 Å². The fourth-order valence-corrected chi connectivity index (χ4v) is 1.16. The lowest BCUT2D eigenvalue weighted by atomic mass is 10.2. The third-order valence-corrected chi connectivity index (χ3v) is 1.70. The van der Waals surface area contributed by atoms with Crippen LogP contribution in [0, 0.1) is 0 Å². The summed E-state index contributed by atoms with van der Waals surface area (Å²) in [6.07, 6.45) is 3.97. The summed E-state index contributed by atoms with van der Waals surface area (Å²) in [5.41, 5.74) is 1.27. The van der Waals surface area contributed by atoms with E-state index in [0.29, 0.717) is 6.10 Å². The van der Waals surface area contributed by atoms with Crippen LogP contribution in [0.25, 0.3) is 0 Å². The molecule has 1 saturated carbocycles. The van der Waals surface area contributed by atoms with Crippen molar-refractivity contribution in [2.75, 3.05) is 7.11 Å². The van der Waals surface area contributed by atoms with Crippen molar-refractivity contribution in [1.82, 2.24) is 0 Å². The van der Waals surface area contributed by atoms with Gasteiger partial charge < -0.3 is 4.74 Å². The van der Waals surface area contributed by atoms with Crippen molar-refractivity contribution >= 4 is 0 Å². The Labute approximate surface area is 50.3 Å². The summed E-state index contributed by atoms with van der Waals surface area (Å²) >= 11 is 0. The Bertz CT molecular complexity index is 96.6. The fourth-order valence-electron chi connectivity index (χ4n) is 1.16. The van der Waals surface area contributed by atoms with Gasteiger partial charge in [-0.2, -0.15) is 0 Å². The van der Waals surface area contributed by atoms with Gasteiger partial charge in [-0.1, -0.05) is 6.58 Å². The van der Waals surface area contributed by atoms with E-state index in [9.17, 15) is 0 Å². The Kier molecular flexibility index (Phi) is 1.69. The SMILES string of the molecule is C=C1CCC[C@H]1OC. The Morgan fingerprint density at radius 3 is 2.75 bits per heavy atom. The van der Waals surface area contributed by atoms with E-state index < -0.39 is 0 Å². The van der Waals surface area contributed by atoms with Gasteiger partial charge in [0, 0.05) is 7.11 Å². The first-order chi connectivity index (χ1) is 3.84. The number of hydrogen-bond acceptors (Lipinski definition) is 1. The van der Waals surface area contributed by atoms with Gasteiger partial charge in [0.15, 0.2) is 0 Å². The summed E-state index contributed by atoms with van der Waals surface area (Å²) < 4.78 is 5.12. The standard InChI is InChI=1S/C7H12O/c1-6-4-3-5-7(6)8-2/h7H,1,3-5H2,2H3/t7-/m1/s1. The van der Waals surface area contributed by atoms with Crippen molar-refractivity contribution in [3.8, 4) is 0 Å². The molecule has 0 spiro atoms. The molecule has 0 unspecified atom stereocenters. The molecule has 0 bridgehead atoms. The molecule has 1 atom stereocenters. The molecule has 0 saturated heterocycles. The van der Waals surface area contributed by atoms with Crippen LogP contribution in [0.5, 0.6) is 0 Å². The number of methoxy groups -OCH3 is 1. The molecule has 0 aromatic carbocycles. The lowest BCUT2D eigenvalue weighted by Crippen LogP contribution is -2.04. The summed E-state index contributed by atoms with van der Waals surface area (Å²) in [7, 11) is 1.75. The second-order valence-corrected chi connectivity index (χ2v) is 2.27. The van der Waals surface area contributed by atoms with Gasteiger partial charge in [0.1, 0.15) is 0 Å². The molecular formula is C7H12O. The number of hydrogen-bond donors (Lipinski definition) is 0. The van der Waals surface area contributed by atoms with Gasteiger partial charge in [-0.15, -0.1) is 0 Å². The molecule has 0 radical (unpaired) electrons. The Morgan fingerprint density at radius 2 is 2.50 bits per heavy atom. The molecule has 1 aliphatic carbocycles. The molecular weight excluding hydrogens is 100 g/mol. The Hall–Kier alpha value is -0.300. The molecule has 8 heavy (non-hydrogen) atoms. The lowest BCUT2D eigenvalue weighted by molar-refractivity contribution is 0.137.